The maximum atomic E-state index is 5.81. The van der Waals surface area contributed by atoms with E-state index in [1.165, 1.54) is 31.4 Å². The summed E-state index contributed by atoms with van der Waals surface area (Å²) in [5.74, 6) is 7.27. The lowest BCUT2D eigenvalue weighted by atomic mass is 9.78. The van der Waals surface area contributed by atoms with Gasteiger partial charge < -0.3 is 0 Å². The topological polar surface area (TPSA) is 55.9 Å². The summed E-state index contributed by atoms with van der Waals surface area (Å²) in [6, 6.07) is 2.44. The fraction of sp³-hybridized carbons (Fsp3) is 0.786. The van der Waals surface area contributed by atoms with Gasteiger partial charge in [-0.3, -0.25) is 16.0 Å². The molecule has 18 heavy (non-hydrogen) atoms. The highest BCUT2D eigenvalue weighted by molar-refractivity contribution is 5.15. The van der Waals surface area contributed by atoms with E-state index in [2.05, 4.69) is 30.4 Å². The summed E-state index contributed by atoms with van der Waals surface area (Å²) >= 11 is 0. The lowest BCUT2D eigenvalue weighted by molar-refractivity contribution is 0.218. The maximum Gasteiger partial charge on any atom is 0.0657 e. The molecular formula is C14H26N4. The Hall–Kier alpha value is -0.870. The molecule has 3 N–H and O–H groups in total. The molecule has 3 atom stereocenters. The van der Waals surface area contributed by atoms with Crippen molar-refractivity contribution in [3.8, 4) is 0 Å². The molecule has 0 amide bonds. The van der Waals surface area contributed by atoms with E-state index in [0.29, 0.717) is 5.92 Å². The van der Waals surface area contributed by atoms with E-state index in [9.17, 15) is 0 Å². The van der Waals surface area contributed by atoms with Gasteiger partial charge in [0.05, 0.1) is 17.4 Å². The molecule has 1 aromatic rings. The Morgan fingerprint density at radius 3 is 2.89 bits per heavy atom. The second kappa shape index (κ2) is 5.85. The number of aromatic nitrogens is 2. The van der Waals surface area contributed by atoms with Crippen LogP contribution >= 0.6 is 0 Å². The minimum atomic E-state index is 0.241. The standard InChI is InChI=1S/C14H26N4/c1-4-12-9-13(18(3)17-12)14(16-15)11-7-5-6-10(2)8-11/h9-11,14,16H,4-8,15H2,1-3H3. The molecule has 0 bridgehead atoms. The van der Waals surface area contributed by atoms with Gasteiger partial charge in [-0.15, -0.1) is 0 Å². The van der Waals surface area contributed by atoms with Crippen LogP contribution in [-0.4, -0.2) is 9.78 Å². The molecular weight excluding hydrogens is 224 g/mol. The molecule has 102 valence electrons. The molecule has 0 aliphatic heterocycles. The SMILES string of the molecule is CCc1cc(C(NN)C2CCCC(C)C2)n(C)n1. The fourth-order valence-corrected chi connectivity index (χ4v) is 3.25. The van der Waals surface area contributed by atoms with Gasteiger partial charge in [-0.1, -0.05) is 26.7 Å². The number of hydrazine groups is 1. The number of hydrogen-bond donors (Lipinski definition) is 2. The number of nitrogens with zero attached hydrogens (tertiary/aromatic N) is 2. The van der Waals surface area contributed by atoms with E-state index in [-0.39, 0.29) is 6.04 Å². The smallest absolute Gasteiger partial charge is 0.0657 e. The molecule has 0 aromatic carbocycles. The van der Waals surface area contributed by atoms with Gasteiger partial charge in [-0.2, -0.15) is 5.10 Å². The van der Waals surface area contributed by atoms with Crippen molar-refractivity contribution in [1.29, 1.82) is 0 Å². The van der Waals surface area contributed by atoms with E-state index in [4.69, 9.17) is 5.84 Å². The predicted molar refractivity (Wildman–Crippen MR) is 73.8 cm³/mol. The van der Waals surface area contributed by atoms with Crippen molar-refractivity contribution in [3.63, 3.8) is 0 Å². The summed E-state index contributed by atoms with van der Waals surface area (Å²) in [4.78, 5) is 0. The second-order valence-electron chi connectivity index (χ2n) is 5.71. The minimum Gasteiger partial charge on any atom is -0.271 e. The first-order valence-corrected chi connectivity index (χ1v) is 7.14. The second-order valence-corrected chi connectivity index (χ2v) is 5.71. The Morgan fingerprint density at radius 1 is 1.56 bits per heavy atom. The van der Waals surface area contributed by atoms with Crippen molar-refractivity contribution in [1.82, 2.24) is 15.2 Å². The number of rotatable bonds is 4. The van der Waals surface area contributed by atoms with Crippen LogP contribution in [-0.2, 0) is 13.5 Å². The molecule has 1 aliphatic carbocycles. The average Bonchev–Trinajstić information content (AvgIpc) is 2.72. The van der Waals surface area contributed by atoms with Crippen molar-refractivity contribution >= 4 is 0 Å². The molecule has 0 radical (unpaired) electrons. The van der Waals surface area contributed by atoms with Crippen LogP contribution in [0.4, 0.5) is 0 Å². The molecule has 4 heteroatoms. The number of nitrogens with one attached hydrogen (secondary N) is 1. The van der Waals surface area contributed by atoms with Crippen molar-refractivity contribution < 1.29 is 0 Å². The quantitative estimate of drug-likeness (QED) is 0.637. The summed E-state index contributed by atoms with van der Waals surface area (Å²) in [7, 11) is 2.02. The van der Waals surface area contributed by atoms with Gasteiger partial charge in [0.25, 0.3) is 0 Å². The van der Waals surface area contributed by atoms with Crippen molar-refractivity contribution in [3.05, 3.63) is 17.5 Å². The van der Waals surface area contributed by atoms with Crippen molar-refractivity contribution in [2.45, 2.75) is 52.0 Å². The van der Waals surface area contributed by atoms with E-state index in [1.54, 1.807) is 0 Å². The molecule has 0 saturated heterocycles. The minimum absolute atomic E-state index is 0.241. The van der Waals surface area contributed by atoms with E-state index in [1.807, 2.05) is 11.7 Å². The third-order valence-corrected chi connectivity index (χ3v) is 4.28. The highest BCUT2D eigenvalue weighted by Crippen LogP contribution is 2.36. The Bertz CT molecular complexity index is 385. The third kappa shape index (κ3) is 2.75. The molecule has 1 saturated carbocycles. The van der Waals surface area contributed by atoms with Crippen LogP contribution < -0.4 is 11.3 Å². The van der Waals surface area contributed by atoms with E-state index < -0.39 is 0 Å². The summed E-state index contributed by atoms with van der Waals surface area (Å²) < 4.78 is 1.99. The molecule has 1 fully saturated rings. The lowest BCUT2D eigenvalue weighted by Crippen LogP contribution is -2.36. The van der Waals surface area contributed by atoms with Crippen LogP contribution in [0.5, 0.6) is 0 Å². The van der Waals surface area contributed by atoms with E-state index in [0.717, 1.165) is 18.0 Å². The van der Waals surface area contributed by atoms with Crippen LogP contribution in [0.25, 0.3) is 0 Å². The van der Waals surface area contributed by atoms with Gasteiger partial charge in [-0.25, -0.2) is 0 Å². The predicted octanol–water partition coefficient (Wildman–Crippen LogP) is 2.31. The largest absolute Gasteiger partial charge is 0.271 e. The normalized spacial score (nSPS) is 26.2. The monoisotopic (exact) mass is 250 g/mol. The van der Waals surface area contributed by atoms with Gasteiger partial charge in [0, 0.05) is 7.05 Å². The zero-order valence-corrected chi connectivity index (χ0v) is 11.8. The first-order chi connectivity index (χ1) is 8.65. The number of aryl methyl sites for hydroxylation is 2. The Morgan fingerprint density at radius 2 is 2.33 bits per heavy atom. The summed E-state index contributed by atoms with van der Waals surface area (Å²) in [6.07, 6.45) is 6.20. The zero-order valence-electron chi connectivity index (χ0n) is 11.8. The Balaban J connectivity index is 2.18. The number of nitrogens with two attached hydrogens (primary N) is 1. The van der Waals surface area contributed by atoms with Gasteiger partial charge in [0.2, 0.25) is 0 Å². The summed E-state index contributed by atoms with van der Waals surface area (Å²) in [5, 5.41) is 4.53. The molecule has 4 nitrogen and oxygen atoms in total. The first kappa shape index (κ1) is 13.6. The molecule has 1 aromatic heterocycles. The average molecular weight is 250 g/mol. The summed E-state index contributed by atoms with van der Waals surface area (Å²) in [5.41, 5.74) is 5.41. The van der Waals surface area contributed by atoms with Gasteiger partial charge >= 0.3 is 0 Å². The van der Waals surface area contributed by atoms with Crippen molar-refractivity contribution in [2.24, 2.45) is 24.7 Å². The molecule has 0 spiro atoms. The third-order valence-electron chi connectivity index (χ3n) is 4.28. The van der Waals surface area contributed by atoms with E-state index >= 15 is 0 Å². The van der Waals surface area contributed by atoms with Gasteiger partial charge in [0.1, 0.15) is 0 Å². The molecule has 3 unspecified atom stereocenters. The highest BCUT2D eigenvalue weighted by atomic mass is 15.3. The van der Waals surface area contributed by atoms with Crippen LogP contribution in [0.3, 0.4) is 0 Å². The van der Waals surface area contributed by atoms with Crippen LogP contribution in [0, 0.1) is 11.8 Å². The van der Waals surface area contributed by atoms with Gasteiger partial charge in [-0.05, 0) is 37.2 Å². The number of hydrogen-bond acceptors (Lipinski definition) is 3. The fourth-order valence-electron chi connectivity index (χ4n) is 3.25. The Kier molecular flexibility index (Phi) is 4.40. The Labute approximate surface area is 110 Å². The van der Waals surface area contributed by atoms with Gasteiger partial charge in [0.15, 0.2) is 0 Å². The molecule has 1 heterocycles. The molecule has 2 rings (SSSR count). The van der Waals surface area contributed by atoms with Crippen LogP contribution in [0.2, 0.25) is 0 Å². The first-order valence-electron chi connectivity index (χ1n) is 7.14. The van der Waals surface area contributed by atoms with Crippen LogP contribution in [0.15, 0.2) is 6.07 Å². The molecule has 1 aliphatic rings. The zero-order chi connectivity index (χ0) is 13.1. The lowest BCUT2D eigenvalue weighted by Gasteiger charge is -2.32. The maximum absolute atomic E-state index is 5.81. The van der Waals surface area contributed by atoms with Crippen LogP contribution in [0.1, 0.15) is 57.0 Å². The highest BCUT2D eigenvalue weighted by Gasteiger charge is 2.29. The summed E-state index contributed by atoms with van der Waals surface area (Å²) in [6.45, 7) is 4.49. The van der Waals surface area contributed by atoms with Crippen molar-refractivity contribution in [2.75, 3.05) is 0 Å².